The zero-order valence-corrected chi connectivity index (χ0v) is 12.1. The monoisotopic (exact) mass is 268 g/mol. The Balaban J connectivity index is 2.64. The number of hydrogen-bond acceptors (Lipinski definition) is 4. The highest BCUT2D eigenvalue weighted by molar-refractivity contribution is 7.98. The minimum Gasteiger partial charge on any atom is -0.438 e. The maximum Gasteiger partial charge on any atom is 0.508 e. The summed E-state index contributed by atoms with van der Waals surface area (Å²) < 4.78 is 9.58. The number of benzene rings is 1. The van der Waals surface area contributed by atoms with Gasteiger partial charge in [0.25, 0.3) is 0 Å². The van der Waals surface area contributed by atoms with E-state index in [4.69, 9.17) is 4.74 Å². The van der Waals surface area contributed by atoms with Gasteiger partial charge in [0.15, 0.2) is 0 Å². The Morgan fingerprint density at radius 2 is 2.00 bits per heavy atom. The molecule has 0 amide bonds. The first-order valence-electron chi connectivity index (χ1n) is 5.96. The van der Waals surface area contributed by atoms with Crippen LogP contribution in [0.3, 0.4) is 0 Å². The van der Waals surface area contributed by atoms with Crippen LogP contribution < -0.4 is 0 Å². The van der Waals surface area contributed by atoms with Gasteiger partial charge in [-0.25, -0.2) is 4.79 Å². The van der Waals surface area contributed by atoms with Crippen LogP contribution in [-0.4, -0.2) is 25.6 Å². The van der Waals surface area contributed by atoms with Crippen LogP contribution in [0.5, 0.6) is 0 Å². The van der Waals surface area contributed by atoms with Crippen LogP contribution in [0.15, 0.2) is 29.2 Å². The molecule has 0 aliphatic heterocycles. The summed E-state index contributed by atoms with van der Waals surface area (Å²) in [7, 11) is 1.32. The molecule has 0 spiro atoms. The maximum absolute atomic E-state index is 11.0. The van der Waals surface area contributed by atoms with Gasteiger partial charge in [0.1, 0.15) is 6.10 Å². The fraction of sp³-hybridized carbons (Fsp3) is 0.500. The summed E-state index contributed by atoms with van der Waals surface area (Å²) in [5, 5.41) is 0. The van der Waals surface area contributed by atoms with Crippen LogP contribution in [-0.2, 0) is 9.47 Å². The Morgan fingerprint density at radius 1 is 1.33 bits per heavy atom. The fourth-order valence-corrected chi connectivity index (χ4v) is 2.68. The van der Waals surface area contributed by atoms with E-state index in [9.17, 15) is 4.79 Å². The van der Waals surface area contributed by atoms with Gasteiger partial charge in [-0.05, 0) is 37.1 Å². The molecule has 0 bridgehead atoms. The first kappa shape index (κ1) is 14.9. The van der Waals surface area contributed by atoms with Crippen LogP contribution in [0.2, 0.25) is 0 Å². The van der Waals surface area contributed by atoms with Gasteiger partial charge >= 0.3 is 6.16 Å². The van der Waals surface area contributed by atoms with E-state index in [1.54, 1.807) is 11.8 Å². The normalized spacial score (nSPS) is 13.8. The molecule has 1 aromatic carbocycles. The van der Waals surface area contributed by atoms with Gasteiger partial charge in [0.2, 0.25) is 0 Å². The zero-order valence-electron chi connectivity index (χ0n) is 11.3. The van der Waals surface area contributed by atoms with E-state index in [1.165, 1.54) is 17.6 Å². The van der Waals surface area contributed by atoms with Gasteiger partial charge in [-0.15, -0.1) is 11.8 Å². The van der Waals surface area contributed by atoms with Crippen LogP contribution in [0.4, 0.5) is 4.79 Å². The third-order valence-electron chi connectivity index (χ3n) is 2.82. The Bertz CT molecular complexity index is 392. The largest absolute Gasteiger partial charge is 0.508 e. The third-order valence-corrected chi connectivity index (χ3v) is 3.63. The molecule has 4 heteroatoms. The Hall–Kier alpha value is -1.16. The van der Waals surface area contributed by atoms with Gasteiger partial charge < -0.3 is 9.47 Å². The molecule has 0 heterocycles. The summed E-state index contributed by atoms with van der Waals surface area (Å²) in [6.45, 7) is 4.03. The second kappa shape index (κ2) is 7.31. The fourth-order valence-electron chi connectivity index (χ4n) is 1.96. The lowest BCUT2D eigenvalue weighted by atomic mass is 9.95. The molecule has 3 nitrogen and oxygen atoms in total. The van der Waals surface area contributed by atoms with Crippen molar-refractivity contribution in [3.8, 4) is 0 Å². The second-order valence-electron chi connectivity index (χ2n) is 4.26. The van der Waals surface area contributed by atoms with Gasteiger partial charge in [-0.2, -0.15) is 0 Å². The molecule has 2 unspecified atom stereocenters. The molecule has 0 radical (unpaired) electrons. The molecule has 0 aliphatic rings. The van der Waals surface area contributed by atoms with Crippen LogP contribution >= 0.6 is 11.8 Å². The molecule has 0 fully saturated rings. The van der Waals surface area contributed by atoms with Gasteiger partial charge in [-0.1, -0.05) is 25.1 Å². The standard InChI is InChI=1S/C14H20O3S/c1-10(9-11(2)17-14(15)16-3)12-7-5-6-8-13(12)18-4/h5-8,10-11H,9H2,1-4H3. The molecule has 1 rings (SSSR count). The van der Waals surface area contributed by atoms with Gasteiger partial charge in [-0.3, -0.25) is 0 Å². The second-order valence-corrected chi connectivity index (χ2v) is 5.11. The molecular formula is C14H20O3S. The van der Waals surface area contributed by atoms with Crippen LogP contribution in [0.1, 0.15) is 31.7 Å². The van der Waals surface area contributed by atoms with E-state index in [2.05, 4.69) is 30.0 Å². The Labute approximate surface area is 113 Å². The minimum atomic E-state index is -0.618. The van der Waals surface area contributed by atoms with Crippen molar-refractivity contribution in [2.24, 2.45) is 0 Å². The molecule has 1 aromatic rings. The first-order chi connectivity index (χ1) is 8.58. The number of thioether (sulfide) groups is 1. The summed E-state index contributed by atoms with van der Waals surface area (Å²) in [5.74, 6) is 0.341. The smallest absolute Gasteiger partial charge is 0.438 e. The first-order valence-corrected chi connectivity index (χ1v) is 7.18. The highest BCUT2D eigenvalue weighted by atomic mass is 32.2. The van der Waals surface area contributed by atoms with Crippen molar-refractivity contribution in [2.75, 3.05) is 13.4 Å². The molecular weight excluding hydrogens is 248 g/mol. The average molecular weight is 268 g/mol. The number of methoxy groups -OCH3 is 1. The summed E-state index contributed by atoms with van der Waals surface area (Å²) in [4.78, 5) is 12.3. The van der Waals surface area contributed by atoms with E-state index >= 15 is 0 Å². The lowest BCUT2D eigenvalue weighted by molar-refractivity contribution is 0.0386. The molecule has 0 saturated heterocycles. The number of rotatable bonds is 5. The van der Waals surface area contributed by atoms with E-state index in [1.807, 2.05) is 19.1 Å². The summed E-state index contributed by atoms with van der Waals surface area (Å²) in [6.07, 6.45) is 2.09. The van der Waals surface area contributed by atoms with Crippen molar-refractivity contribution in [1.29, 1.82) is 0 Å². The predicted molar refractivity (Wildman–Crippen MR) is 74.2 cm³/mol. The summed E-state index contributed by atoms with van der Waals surface area (Å²) in [5.41, 5.74) is 1.30. The summed E-state index contributed by atoms with van der Waals surface area (Å²) >= 11 is 1.74. The zero-order chi connectivity index (χ0) is 13.5. The molecule has 18 heavy (non-hydrogen) atoms. The van der Waals surface area contributed by atoms with Crippen molar-refractivity contribution in [3.63, 3.8) is 0 Å². The van der Waals surface area contributed by atoms with Crippen LogP contribution in [0, 0.1) is 0 Å². The van der Waals surface area contributed by atoms with Gasteiger partial charge in [0.05, 0.1) is 7.11 Å². The molecule has 0 aromatic heterocycles. The van der Waals surface area contributed by atoms with Crippen molar-refractivity contribution in [3.05, 3.63) is 29.8 Å². The number of hydrogen-bond donors (Lipinski definition) is 0. The highest BCUT2D eigenvalue weighted by Crippen LogP contribution is 2.30. The van der Waals surface area contributed by atoms with E-state index in [-0.39, 0.29) is 6.10 Å². The lowest BCUT2D eigenvalue weighted by Crippen LogP contribution is -2.17. The van der Waals surface area contributed by atoms with E-state index < -0.39 is 6.16 Å². The number of ether oxygens (including phenoxy) is 2. The Morgan fingerprint density at radius 3 is 2.61 bits per heavy atom. The van der Waals surface area contributed by atoms with Crippen molar-refractivity contribution in [2.45, 2.75) is 37.2 Å². The molecule has 0 N–H and O–H groups in total. The molecule has 100 valence electrons. The predicted octanol–water partition coefficient (Wildman–Crippen LogP) is 4.07. The van der Waals surface area contributed by atoms with E-state index in [0.29, 0.717) is 5.92 Å². The maximum atomic E-state index is 11.0. The van der Waals surface area contributed by atoms with Crippen molar-refractivity contribution in [1.82, 2.24) is 0 Å². The summed E-state index contributed by atoms with van der Waals surface area (Å²) in [6, 6.07) is 8.32. The topological polar surface area (TPSA) is 35.5 Å². The number of carbonyl (C=O) groups excluding carboxylic acids is 1. The molecule has 0 saturated carbocycles. The molecule has 0 aliphatic carbocycles. The average Bonchev–Trinajstić information content (AvgIpc) is 2.38. The van der Waals surface area contributed by atoms with Gasteiger partial charge in [0, 0.05) is 4.90 Å². The van der Waals surface area contributed by atoms with Crippen molar-refractivity contribution < 1.29 is 14.3 Å². The SMILES string of the molecule is COC(=O)OC(C)CC(C)c1ccccc1SC. The lowest BCUT2D eigenvalue weighted by Gasteiger charge is -2.19. The van der Waals surface area contributed by atoms with E-state index in [0.717, 1.165) is 6.42 Å². The molecule has 2 atom stereocenters. The van der Waals surface area contributed by atoms with Crippen LogP contribution in [0.25, 0.3) is 0 Å². The minimum absolute atomic E-state index is 0.151. The highest BCUT2D eigenvalue weighted by Gasteiger charge is 2.16. The quantitative estimate of drug-likeness (QED) is 0.595. The third kappa shape index (κ3) is 4.26. The Kier molecular flexibility index (Phi) is 6.05. The number of carbonyl (C=O) groups is 1. The van der Waals surface area contributed by atoms with Crippen molar-refractivity contribution >= 4 is 17.9 Å².